The maximum absolute atomic E-state index is 8.68. The number of aromatic amines is 1. The van der Waals surface area contributed by atoms with Crippen molar-refractivity contribution >= 4 is 16.9 Å². The molecule has 0 spiro atoms. The van der Waals surface area contributed by atoms with Crippen LogP contribution < -0.4 is 10.1 Å². The lowest BCUT2D eigenvalue weighted by molar-refractivity contribution is 0.463. The Kier molecular flexibility index (Phi) is 4.66. The van der Waals surface area contributed by atoms with Crippen molar-refractivity contribution in [1.29, 1.82) is 5.26 Å². The van der Waals surface area contributed by atoms with E-state index in [1.807, 2.05) is 60.8 Å². The summed E-state index contributed by atoms with van der Waals surface area (Å²) in [4.78, 5) is 12.2. The molecule has 132 valence electrons. The molecular weight excluding hydrogens is 338 g/mol. The maximum Gasteiger partial charge on any atom is 0.238 e. The molecule has 2 aromatic heterocycles. The molecule has 4 rings (SSSR count). The fourth-order valence-electron chi connectivity index (χ4n) is 2.81. The summed E-state index contributed by atoms with van der Waals surface area (Å²) >= 11 is 0. The van der Waals surface area contributed by atoms with Crippen LogP contribution in [-0.2, 0) is 0 Å². The Hall–Kier alpha value is -3.85. The van der Waals surface area contributed by atoms with E-state index in [0.717, 1.165) is 22.3 Å². The van der Waals surface area contributed by atoms with Crippen LogP contribution in [0.1, 0.15) is 6.42 Å². The Labute approximate surface area is 156 Å². The number of nitrogens with one attached hydrogen (secondary N) is 2. The summed E-state index contributed by atoms with van der Waals surface area (Å²) in [6.07, 6.45) is 3.96. The van der Waals surface area contributed by atoms with Crippen molar-refractivity contribution in [3.05, 3.63) is 67.0 Å². The smallest absolute Gasteiger partial charge is 0.238 e. The van der Waals surface area contributed by atoms with E-state index in [1.54, 1.807) is 6.20 Å². The molecule has 0 saturated carbocycles. The van der Waals surface area contributed by atoms with Crippen LogP contribution in [0.2, 0.25) is 0 Å². The van der Waals surface area contributed by atoms with Gasteiger partial charge in [-0.3, -0.25) is 0 Å². The van der Waals surface area contributed by atoms with Gasteiger partial charge in [0.2, 0.25) is 5.88 Å². The van der Waals surface area contributed by atoms with Gasteiger partial charge < -0.3 is 15.0 Å². The second-order valence-electron chi connectivity index (χ2n) is 5.94. The quantitative estimate of drug-likeness (QED) is 0.488. The van der Waals surface area contributed by atoms with Gasteiger partial charge in [0, 0.05) is 24.0 Å². The van der Waals surface area contributed by atoms with Crippen LogP contribution in [0.5, 0.6) is 11.6 Å². The predicted octanol–water partition coefficient (Wildman–Crippen LogP) is 4.74. The van der Waals surface area contributed by atoms with E-state index in [2.05, 4.69) is 26.3 Å². The number of hydrogen-bond acceptors (Lipinski definition) is 5. The third-order valence-corrected chi connectivity index (χ3v) is 4.06. The highest BCUT2D eigenvalue weighted by Gasteiger charge is 2.11. The van der Waals surface area contributed by atoms with Gasteiger partial charge in [0.25, 0.3) is 0 Å². The molecule has 6 nitrogen and oxygen atoms in total. The van der Waals surface area contributed by atoms with E-state index >= 15 is 0 Å². The highest BCUT2D eigenvalue weighted by molar-refractivity contribution is 5.91. The summed E-state index contributed by atoms with van der Waals surface area (Å²) in [5.41, 5.74) is 4.36. The van der Waals surface area contributed by atoms with Gasteiger partial charge in [0.15, 0.2) is 5.65 Å². The first-order chi connectivity index (χ1) is 13.3. The molecule has 0 saturated heterocycles. The normalized spacial score (nSPS) is 10.5. The predicted molar refractivity (Wildman–Crippen MR) is 105 cm³/mol. The highest BCUT2D eigenvalue weighted by Crippen LogP contribution is 2.30. The first-order valence-electron chi connectivity index (χ1n) is 8.62. The molecule has 2 N–H and O–H groups in total. The van der Waals surface area contributed by atoms with Gasteiger partial charge in [-0.05, 0) is 29.8 Å². The summed E-state index contributed by atoms with van der Waals surface area (Å²) in [6, 6.07) is 19.6. The number of ether oxygens (including phenoxy) is 1. The maximum atomic E-state index is 8.68. The number of rotatable bonds is 6. The highest BCUT2D eigenvalue weighted by atomic mass is 16.5. The largest absolute Gasteiger partial charge is 0.437 e. The van der Waals surface area contributed by atoms with Crippen LogP contribution in [0.25, 0.3) is 22.3 Å². The fraction of sp³-hybridized carbons (Fsp3) is 0.0952. The van der Waals surface area contributed by atoms with Crippen LogP contribution in [0.4, 0.5) is 5.69 Å². The second-order valence-corrected chi connectivity index (χ2v) is 5.94. The number of benzene rings is 2. The zero-order valence-corrected chi connectivity index (χ0v) is 14.5. The number of H-pyrrole nitrogens is 1. The minimum atomic E-state index is 0.442. The second kappa shape index (κ2) is 7.58. The van der Waals surface area contributed by atoms with E-state index in [-0.39, 0.29) is 0 Å². The molecule has 4 aromatic rings. The zero-order chi connectivity index (χ0) is 18.5. The molecule has 0 aliphatic carbocycles. The van der Waals surface area contributed by atoms with Gasteiger partial charge in [-0.1, -0.05) is 30.3 Å². The van der Waals surface area contributed by atoms with Crippen LogP contribution >= 0.6 is 0 Å². The number of fused-ring (bicyclic) bond motifs is 1. The lowest BCUT2D eigenvalue weighted by atomic mass is 10.1. The summed E-state index contributed by atoms with van der Waals surface area (Å²) in [7, 11) is 0. The van der Waals surface area contributed by atoms with E-state index < -0.39 is 0 Å². The average molecular weight is 355 g/mol. The molecule has 0 fully saturated rings. The van der Waals surface area contributed by atoms with Crippen LogP contribution in [-0.4, -0.2) is 21.5 Å². The first-order valence-corrected chi connectivity index (χ1v) is 8.62. The monoisotopic (exact) mass is 355 g/mol. The number of nitrogens with zero attached hydrogens (tertiary/aromatic N) is 3. The van der Waals surface area contributed by atoms with Crippen molar-refractivity contribution in [1.82, 2.24) is 15.0 Å². The molecule has 0 radical (unpaired) electrons. The van der Waals surface area contributed by atoms with Crippen molar-refractivity contribution < 1.29 is 4.74 Å². The van der Waals surface area contributed by atoms with E-state index in [9.17, 15) is 0 Å². The first kappa shape index (κ1) is 16.6. The van der Waals surface area contributed by atoms with Crippen molar-refractivity contribution in [2.24, 2.45) is 0 Å². The third kappa shape index (κ3) is 3.72. The molecule has 2 aromatic carbocycles. The molecule has 0 amide bonds. The zero-order valence-electron chi connectivity index (χ0n) is 14.5. The number of anilines is 1. The number of nitriles is 1. The number of hydrogen-bond donors (Lipinski definition) is 2. The SMILES string of the molecule is N#CCCNc1cccc(-c2c[nH]c3ncc(Oc4ccccc4)nc23)c1. The molecular formula is C21H17N5O. The Bertz CT molecular complexity index is 1100. The molecule has 0 unspecified atom stereocenters. The molecule has 27 heavy (non-hydrogen) atoms. The van der Waals surface area contributed by atoms with Crippen LogP contribution in [0, 0.1) is 11.3 Å². The number of aromatic nitrogens is 3. The Balaban J connectivity index is 1.65. The van der Waals surface area contributed by atoms with Crippen LogP contribution in [0.3, 0.4) is 0 Å². The Morgan fingerprint density at radius 2 is 2.00 bits per heavy atom. The Morgan fingerprint density at radius 3 is 2.85 bits per heavy atom. The topological polar surface area (TPSA) is 86.6 Å². The standard InChI is InChI=1S/C21H17N5O/c22-10-5-11-23-16-7-4-6-15(12-16)18-13-24-21-20(18)26-19(14-25-21)27-17-8-2-1-3-9-17/h1-4,6-9,12-14,23H,5,11H2,(H,24,25). The molecule has 0 aliphatic rings. The summed E-state index contributed by atoms with van der Waals surface area (Å²) in [5, 5.41) is 11.9. The van der Waals surface area contributed by atoms with Gasteiger partial charge in [0.1, 0.15) is 11.3 Å². The summed E-state index contributed by atoms with van der Waals surface area (Å²) < 4.78 is 5.81. The van der Waals surface area contributed by atoms with Gasteiger partial charge >= 0.3 is 0 Å². The lowest BCUT2D eigenvalue weighted by Crippen LogP contribution is -1.99. The Morgan fingerprint density at radius 1 is 1.11 bits per heavy atom. The average Bonchev–Trinajstić information content (AvgIpc) is 3.13. The third-order valence-electron chi connectivity index (χ3n) is 4.06. The molecule has 0 aliphatic heterocycles. The number of para-hydroxylation sites is 1. The van der Waals surface area contributed by atoms with E-state index in [1.165, 1.54) is 0 Å². The molecule has 0 bridgehead atoms. The lowest BCUT2D eigenvalue weighted by Gasteiger charge is -2.07. The minimum absolute atomic E-state index is 0.442. The van der Waals surface area contributed by atoms with Gasteiger partial charge in [-0.15, -0.1) is 0 Å². The van der Waals surface area contributed by atoms with Gasteiger partial charge in [0.05, 0.1) is 18.7 Å². The van der Waals surface area contributed by atoms with Crippen molar-refractivity contribution in [2.75, 3.05) is 11.9 Å². The van der Waals surface area contributed by atoms with E-state index in [4.69, 9.17) is 10.00 Å². The summed E-state index contributed by atoms with van der Waals surface area (Å²) in [5.74, 6) is 1.16. The van der Waals surface area contributed by atoms with E-state index in [0.29, 0.717) is 30.2 Å². The van der Waals surface area contributed by atoms with Crippen molar-refractivity contribution in [3.8, 4) is 28.8 Å². The summed E-state index contributed by atoms with van der Waals surface area (Å²) in [6.45, 7) is 0.614. The minimum Gasteiger partial charge on any atom is -0.437 e. The molecule has 6 heteroatoms. The van der Waals surface area contributed by atoms with Crippen molar-refractivity contribution in [3.63, 3.8) is 0 Å². The van der Waals surface area contributed by atoms with Crippen molar-refractivity contribution in [2.45, 2.75) is 6.42 Å². The fourth-order valence-corrected chi connectivity index (χ4v) is 2.81. The molecule has 0 atom stereocenters. The van der Waals surface area contributed by atoms with Gasteiger partial charge in [-0.25, -0.2) is 9.97 Å². The van der Waals surface area contributed by atoms with Crippen LogP contribution in [0.15, 0.2) is 67.0 Å². The molecule has 2 heterocycles. The van der Waals surface area contributed by atoms with Gasteiger partial charge in [-0.2, -0.15) is 5.26 Å².